The molecule has 13 heteroatoms. The van der Waals surface area contributed by atoms with Gasteiger partial charge >= 0.3 is 18.2 Å². The van der Waals surface area contributed by atoms with E-state index in [0.717, 1.165) is 5.56 Å². The number of aliphatic hydroxyl groups is 1. The lowest BCUT2D eigenvalue weighted by Gasteiger charge is -2.34. The fraction of sp³-hybridized carbons (Fsp3) is 0.667. The van der Waals surface area contributed by atoms with Gasteiger partial charge < -0.3 is 40.2 Å². The number of likely N-dealkylation sites (tertiary alicyclic amines) is 1. The largest absolute Gasteiger partial charge is 0.467 e. The molecule has 0 radical (unpaired) electrons. The van der Waals surface area contributed by atoms with Gasteiger partial charge in [-0.05, 0) is 75.7 Å². The number of carbonyl (C=O) groups excluding carboxylic acids is 5. The number of aliphatic hydroxyl groups excluding tert-OH is 1. The van der Waals surface area contributed by atoms with E-state index >= 15 is 0 Å². The van der Waals surface area contributed by atoms with E-state index in [1.807, 2.05) is 44.2 Å². The van der Waals surface area contributed by atoms with Crippen LogP contribution in [-0.4, -0.2) is 90.5 Å². The summed E-state index contributed by atoms with van der Waals surface area (Å²) in [6, 6.07) is 6.51. The van der Waals surface area contributed by atoms with E-state index in [1.54, 1.807) is 20.8 Å². The topological polar surface area (TPSA) is 173 Å². The van der Waals surface area contributed by atoms with Crippen LogP contribution in [0.15, 0.2) is 30.3 Å². The maximum atomic E-state index is 13.8. The minimum atomic E-state index is -0.999. The zero-order valence-electron chi connectivity index (χ0n) is 27.8. The lowest BCUT2D eigenvalue weighted by molar-refractivity contribution is -0.147. The van der Waals surface area contributed by atoms with Crippen molar-refractivity contribution in [3.05, 3.63) is 35.9 Å². The Morgan fingerprint density at radius 3 is 2.28 bits per heavy atom. The number of methoxy groups -OCH3 is 1. The lowest BCUT2D eigenvalue weighted by Crippen LogP contribution is -2.57. The second-order valence-electron chi connectivity index (χ2n) is 13.5. The molecule has 4 N–H and O–H groups in total. The predicted octanol–water partition coefficient (Wildman–Crippen LogP) is 2.89. The van der Waals surface area contributed by atoms with Crippen molar-refractivity contribution in [1.29, 1.82) is 0 Å². The molecule has 1 saturated carbocycles. The first-order valence-electron chi connectivity index (χ1n) is 15.9. The summed E-state index contributed by atoms with van der Waals surface area (Å²) in [5.74, 6) is -1.57. The third-order valence-corrected chi connectivity index (χ3v) is 8.60. The van der Waals surface area contributed by atoms with Gasteiger partial charge in [-0.1, -0.05) is 44.2 Å². The number of hydrogen-bond donors (Lipinski definition) is 4. The molecule has 0 spiro atoms. The van der Waals surface area contributed by atoms with Gasteiger partial charge in [0.25, 0.3) is 0 Å². The molecule has 1 heterocycles. The van der Waals surface area contributed by atoms with Crippen LogP contribution >= 0.6 is 0 Å². The molecular formula is C33H50N4O9. The summed E-state index contributed by atoms with van der Waals surface area (Å²) in [5.41, 5.74) is -0.0849. The van der Waals surface area contributed by atoms with Crippen LogP contribution in [0.2, 0.25) is 0 Å². The maximum absolute atomic E-state index is 13.8. The fourth-order valence-corrected chi connectivity index (χ4v) is 6.10. The molecule has 1 aliphatic carbocycles. The van der Waals surface area contributed by atoms with Crippen LogP contribution in [0, 0.1) is 17.3 Å². The summed E-state index contributed by atoms with van der Waals surface area (Å²) in [6.07, 6.45) is 0.393. The van der Waals surface area contributed by atoms with Crippen molar-refractivity contribution >= 4 is 30.0 Å². The summed E-state index contributed by atoms with van der Waals surface area (Å²) < 4.78 is 15.5. The first kappa shape index (κ1) is 36.6. The van der Waals surface area contributed by atoms with E-state index in [9.17, 15) is 29.1 Å². The number of piperidine rings is 1. The third kappa shape index (κ3) is 10.1. The minimum absolute atomic E-state index is 0.0801. The van der Waals surface area contributed by atoms with Gasteiger partial charge in [0.2, 0.25) is 11.8 Å². The van der Waals surface area contributed by atoms with E-state index in [2.05, 4.69) is 16.0 Å². The number of alkyl carbamates (subject to hydrolysis) is 2. The molecule has 0 bridgehead atoms. The number of amides is 4. The number of ether oxygens (including phenoxy) is 3. The van der Waals surface area contributed by atoms with Crippen molar-refractivity contribution in [2.45, 2.75) is 97.1 Å². The first-order valence-corrected chi connectivity index (χ1v) is 15.9. The standard InChI is InChI=1S/C33H50N4O9/c1-32(2,3)46-31(43)36-23(16-12-18-38)28(40)37-19-22-25(33(22,4)5)26(37)27(39)35-24(29(41)44-6)15-10-11-17-34-30(42)45-20-21-13-8-7-9-14-21/h7-9,13-14,22-26,38H,10-12,15-20H2,1-6H3,(H,34,42)(H,35,39)(H,36,43)/t22?,23-,24?,25?,26-/m0/s1. The highest BCUT2D eigenvalue weighted by atomic mass is 16.6. The molecule has 256 valence electrons. The fourth-order valence-electron chi connectivity index (χ4n) is 6.10. The monoisotopic (exact) mass is 646 g/mol. The molecule has 3 unspecified atom stereocenters. The van der Waals surface area contributed by atoms with E-state index < -0.39 is 53.7 Å². The Morgan fingerprint density at radius 1 is 0.978 bits per heavy atom. The number of nitrogens with one attached hydrogen (secondary N) is 3. The van der Waals surface area contributed by atoms with Crippen LogP contribution < -0.4 is 16.0 Å². The molecule has 4 amide bonds. The second-order valence-corrected chi connectivity index (χ2v) is 13.5. The number of unbranched alkanes of at least 4 members (excludes halogenated alkanes) is 1. The number of fused-ring (bicyclic) bond motifs is 1. The Hall–Kier alpha value is -3.87. The van der Waals surface area contributed by atoms with Crippen LogP contribution in [0.25, 0.3) is 0 Å². The molecule has 1 aromatic rings. The SMILES string of the molecule is COC(=O)C(CCCCNC(=O)OCc1ccccc1)NC(=O)[C@@H]1C2C(CN1C(=O)[C@H](CCCO)NC(=O)OC(C)(C)C)C2(C)C. The molecule has 0 aromatic heterocycles. The quantitative estimate of drug-likeness (QED) is 0.127. The van der Waals surface area contributed by atoms with Gasteiger partial charge in [0.1, 0.15) is 30.3 Å². The molecule has 5 atom stereocenters. The van der Waals surface area contributed by atoms with E-state index in [1.165, 1.54) is 12.0 Å². The molecule has 1 saturated heterocycles. The van der Waals surface area contributed by atoms with Crippen molar-refractivity contribution in [1.82, 2.24) is 20.9 Å². The smallest absolute Gasteiger partial charge is 0.408 e. The third-order valence-electron chi connectivity index (χ3n) is 8.60. The lowest BCUT2D eigenvalue weighted by atomic mass is 9.98. The Morgan fingerprint density at radius 2 is 1.65 bits per heavy atom. The van der Waals surface area contributed by atoms with Crippen molar-refractivity contribution in [3.63, 3.8) is 0 Å². The summed E-state index contributed by atoms with van der Waals surface area (Å²) in [6.45, 7) is 9.85. The number of hydrogen-bond acceptors (Lipinski definition) is 9. The van der Waals surface area contributed by atoms with Gasteiger partial charge in [-0.3, -0.25) is 9.59 Å². The number of nitrogens with zero attached hydrogens (tertiary/aromatic N) is 1. The highest BCUT2D eigenvalue weighted by Gasteiger charge is 2.69. The highest BCUT2D eigenvalue weighted by molar-refractivity contribution is 5.94. The number of benzene rings is 1. The normalized spacial score (nSPS) is 20.8. The molecular weight excluding hydrogens is 596 g/mol. The summed E-state index contributed by atoms with van der Waals surface area (Å²) in [5, 5.41) is 17.5. The van der Waals surface area contributed by atoms with E-state index in [0.29, 0.717) is 25.9 Å². The predicted molar refractivity (Wildman–Crippen MR) is 168 cm³/mol. The zero-order chi connectivity index (χ0) is 34.1. The minimum Gasteiger partial charge on any atom is -0.467 e. The van der Waals surface area contributed by atoms with Crippen LogP contribution in [0.4, 0.5) is 9.59 Å². The first-order chi connectivity index (χ1) is 21.7. The van der Waals surface area contributed by atoms with Crippen molar-refractivity contribution in [2.75, 3.05) is 26.8 Å². The molecule has 2 aliphatic rings. The number of rotatable bonds is 15. The highest BCUT2D eigenvalue weighted by Crippen LogP contribution is 2.65. The van der Waals surface area contributed by atoms with Crippen molar-refractivity contribution in [3.8, 4) is 0 Å². The van der Waals surface area contributed by atoms with Crippen molar-refractivity contribution in [2.24, 2.45) is 17.3 Å². The summed E-state index contributed by atoms with van der Waals surface area (Å²) in [7, 11) is 1.24. The molecule has 3 rings (SSSR count). The number of esters is 1. The van der Waals surface area contributed by atoms with Crippen molar-refractivity contribution < 1.29 is 43.3 Å². The van der Waals surface area contributed by atoms with E-state index in [4.69, 9.17) is 14.2 Å². The van der Waals surface area contributed by atoms with Gasteiger partial charge in [-0.15, -0.1) is 0 Å². The van der Waals surface area contributed by atoms with Crippen LogP contribution in [0.3, 0.4) is 0 Å². The molecule has 1 aliphatic heterocycles. The van der Waals surface area contributed by atoms with Crippen LogP contribution in [0.1, 0.15) is 72.3 Å². The van der Waals surface area contributed by atoms with Gasteiger partial charge in [0.05, 0.1) is 7.11 Å². The average Bonchev–Trinajstić information content (AvgIpc) is 3.31. The zero-order valence-corrected chi connectivity index (χ0v) is 27.8. The molecule has 46 heavy (non-hydrogen) atoms. The summed E-state index contributed by atoms with van der Waals surface area (Å²) in [4.78, 5) is 66.3. The average molecular weight is 647 g/mol. The second kappa shape index (κ2) is 16.1. The van der Waals surface area contributed by atoms with Gasteiger partial charge in [0, 0.05) is 19.7 Å². The maximum Gasteiger partial charge on any atom is 0.408 e. The molecule has 13 nitrogen and oxygen atoms in total. The summed E-state index contributed by atoms with van der Waals surface area (Å²) >= 11 is 0. The van der Waals surface area contributed by atoms with Crippen LogP contribution in [0.5, 0.6) is 0 Å². The molecule has 1 aromatic carbocycles. The van der Waals surface area contributed by atoms with Gasteiger partial charge in [-0.2, -0.15) is 0 Å². The molecule has 2 fully saturated rings. The van der Waals surface area contributed by atoms with Gasteiger partial charge in [-0.25, -0.2) is 14.4 Å². The Bertz CT molecular complexity index is 1220. The van der Waals surface area contributed by atoms with Crippen LogP contribution in [-0.2, 0) is 35.2 Å². The van der Waals surface area contributed by atoms with E-state index in [-0.39, 0.29) is 49.7 Å². The Labute approximate surface area is 271 Å². The Balaban J connectivity index is 1.59. The van der Waals surface area contributed by atoms with Gasteiger partial charge in [0.15, 0.2) is 0 Å². The Kier molecular flexibility index (Phi) is 12.8. The number of carbonyl (C=O) groups is 5.